The molecule has 0 aromatic heterocycles. The Bertz CT molecular complexity index is 720. The zero-order chi connectivity index (χ0) is 17.0. The van der Waals surface area contributed by atoms with Crippen LogP contribution in [0.2, 0.25) is 0 Å². The number of hydrogen-bond acceptors (Lipinski definition) is 2. The predicted octanol–water partition coefficient (Wildman–Crippen LogP) is 2.95. The molecule has 0 saturated carbocycles. The molecule has 0 spiro atoms. The first-order valence-corrected chi connectivity index (χ1v) is 6.97. The van der Waals surface area contributed by atoms with E-state index in [1.807, 2.05) is 32.0 Å². The van der Waals surface area contributed by atoms with E-state index in [4.69, 9.17) is 0 Å². The van der Waals surface area contributed by atoms with Gasteiger partial charge in [-0.05, 0) is 37.1 Å². The van der Waals surface area contributed by atoms with Crippen molar-refractivity contribution in [2.45, 2.75) is 13.8 Å². The highest BCUT2D eigenvalue weighted by atomic mass is 19.1. The minimum Gasteiger partial charge on any atom is -0.343 e. The third-order valence-electron chi connectivity index (χ3n) is 3.28. The number of amides is 2. The van der Waals surface area contributed by atoms with Gasteiger partial charge < -0.3 is 10.6 Å². The van der Waals surface area contributed by atoms with Crippen molar-refractivity contribution in [1.29, 1.82) is 0 Å². The minimum absolute atomic E-state index is 0.178. The first-order valence-electron chi connectivity index (χ1n) is 6.97. The predicted molar refractivity (Wildman–Crippen MR) is 83.2 cm³/mol. The number of carbonyl (C=O) groups excluding carboxylic acids is 2. The molecule has 23 heavy (non-hydrogen) atoms. The Hall–Kier alpha value is -2.76. The number of carbonyl (C=O) groups is 2. The van der Waals surface area contributed by atoms with Crippen LogP contribution in [0.5, 0.6) is 0 Å². The summed E-state index contributed by atoms with van der Waals surface area (Å²) < 4.78 is 26.1. The van der Waals surface area contributed by atoms with E-state index in [2.05, 4.69) is 10.6 Å². The van der Waals surface area contributed by atoms with Crippen molar-refractivity contribution in [3.05, 3.63) is 64.7 Å². The Balaban J connectivity index is 1.97. The molecule has 0 bridgehead atoms. The zero-order valence-electron chi connectivity index (χ0n) is 12.7. The number of halogens is 2. The molecular formula is C17H16F2N2O2. The van der Waals surface area contributed by atoms with E-state index in [1.165, 1.54) is 0 Å². The van der Waals surface area contributed by atoms with Gasteiger partial charge >= 0.3 is 0 Å². The first kappa shape index (κ1) is 16.6. The summed E-state index contributed by atoms with van der Waals surface area (Å²) in [6.07, 6.45) is 0. The largest absolute Gasteiger partial charge is 0.343 e. The zero-order valence-corrected chi connectivity index (χ0v) is 12.7. The lowest BCUT2D eigenvalue weighted by Crippen LogP contribution is -2.33. The molecular weight excluding hydrogens is 302 g/mol. The second kappa shape index (κ2) is 7.00. The standard InChI is InChI=1S/C17H16F2N2O2/c1-10-4-3-5-11(2)16(10)21-15(22)9-20-17(23)12-6-13(18)8-14(19)7-12/h3-8H,9H2,1-2H3,(H,20,23)(H,21,22). The van der Waals surface area contributed by atoms with Gasteiger partial charge in [0, 0.05) is 17.3 Å². The monoisotopic (exact) mass is 318 g/mol. The third-order valence-corrected chi connectivity index (χ3v) is 3.28. The van der Waals surface area contributed by atoms with Crippen LogP contribution in [-0.4, -0.2) is 18.4 Å². The fourth-order valence-electron chi connectivity index (χ4n) is 2.14. The van der Waals surface area contributed by atoms with Crippen LogP contribution in [0.25, 0.3) is 0 Å². The quantitative estimate of drug-likeness (QED) is 0.910. The Morgan fingerprint density at radius 1 is 1.00 bits per heavy atom. The molecule has 4 nitrogen and oxygen atoms in total. The molecule has 0 aliphatic rings. The van der Waals surface area contributed by atoms with Gasteiger partial charge in [0.1, 0.15) is 11.6 Å². The van der Waals surface area contributed by atoms with E-state index in [9.17, 15) is 18.4 Å². The molecule has 0 aliphatic heterocycles. The Labute approximate surface area is 132 Å². The van der Waals surface area contributed by atoms with Crippen molar-refractivity contribution >= 4 is 17.5 Å². The smallest absolute Gasteiger partial charge is 0.251 e. The summed E-state index contributed by atoms with van der Waals surface area (Å²) in [5.74, 6) is -2.85. The molecule has 0 radical (unpaired) electrons. The van der Waals surface area contributed by atoms with Gasteiger partial charge in [0.25, 0.3) is 5.91 Å². The Morgan fingerprint density at radius 3 is 2.13 bits per heavy atom. The summed E-state index contributed by atoms with van der Waals surface area (Å²) in [4.78, 5) is 23.7. The number of benzene rings is 2. The first-order chi connectivity index (χ1) is 10.9. The lowest BCUT2D eigenvalue weighted by atomic mass is 10.1. The second-order valence-corrected chi connectivity index (χ2v) is 5.16. The molecule has 120 valence electrons. The normalized spacial score (nSPS) is 10.3. The SMILES string of the molecule is Cc1cccc(C)c1NC(=O)CNC(=O)c1cc(F)cc(F)c1. The van der Waals surface area contributed by atoms with E-state index >= 15 is 0 Å². The molecule has 0 saturated heterocycles. The van der Waals surface area contributed by atoms with Crippen LogP contribution in [-0.2, 0) is 4.79 Å². The molecule has 6 heteroatoms. The third kappa shape index (κ3) is 4.35. The summed E-state index contributed by atoms with van der Waals surface area (Å²) >= 11 is 0. The lowest BCUT2D eigenvalue weighted by molar-refractivity contribution is -0.115. The van der Waals surface area contributed by atoms with Crippen molar-refractivity contribution in [2.24, 2.45) is 0 Å². The molecule has 2 aromatic rings. The van der Waals surface area contributed by atoms with Gasteiger partial charge in [-0.1, -0.05) is 18.2 Å². The molecule has 2 N–H and O–H groups in total. The minimum atomic E-state index is -0.852. The fraction of sp³-hybridized carbons (Fsp3) is 0.176. The molecule has 0 aliphatic carbocycles. The van der Waals surface area contributed by atoms with E-state index < -0.39 is 23.4 Å². The van der Waals surface area contributed by atoms with Gasteiger partial charge in [-0.3, -0.25) is 9.59 Å². The molecule has 0 fully saturated rings. The van der Waals surface area contributed by atoms with Crippen LogP contribution in [0.4, 0.5) is 14.5 Å². The molecule has 0 atom stereocenters. The molecule has 0 unspecified atom stereocenters. The van der Waals surface area contributed by atoms with E-state index in [1.54, 1.807) is 0 Å². The maximum Gasteiger partial charge on any atom is 0.251 e. The highest BCUT2D eigenvalue weighted by molar-refractivity contribution is 5.99. The van der Waals surface area contributed by atoms with Gasteiger partial charge in [-0.15, -0.1) is 0 Å². The summed E-state index contributed by atoms with van der Waals surface area (Å²) in [6.45, 7) is 3.41. The Morgan fingerprint density at radius 2 is 1.57 bits per heavy atom. The topological polar surface area (TPSA) is 58.2 Å². The number of para-hydroxylation sites is 1. The number of nitrogens with one attached hydrogen (secondary N) is 2. The summed E-state index contributed by atoms with van der Waals surface area (Å²) in [5.41, 5.74) is 2.31. The fourth-order valence-corrected chi connectivity index (χ4v) is 2.14. The summed E-state index contributed by atoms with van der Waals surface area (Å²) in [6, 6.07) is 8.07. The summed E-state index contributed by atoms with van der Waals surface area (Å²) in [7, 11) is 0. The summed E-state index contributed by atoms with van der Waals surface area (Å²) in [5, 5.41) is 5.03. The highest BCUT2D eigenvalue weighted by Gasteiger charge is 2.12. The maximum absolute atomic E-state index is 13.1. The van der Waals surface area contributed by atoms with Crippen LogP contribution in [0.3, 0.4) is 0 Å². The Kier molecular flexibility index (Phi) is 5.05. The molecule has 2 amide bonds. The highest BCUT2D eigenvalue weighted by Crippen LogP contribution is 2.19. The number of anilines is 1. The second-order valence-electron chi connectivity index (χ2n) is 5.16. The molecule has 2 rings (SSSR count). The van der Waals surface area contributed by atoms with Crippen molar-refractivity contribution in [3.8, 4) is 0 Å². The average Bonchev–Trinajstić information content (AvgIpc) is 2.47. The molecule has 0 heterocycles. The number of aryl methyl sites for hydroxylation is 2. The van der Waals surface area contributed by atoms with Gasteiger partial charge in [-0.2, -0.15) is 0 Å². The van der Waals surface area contributed by atoms with Crippen LogP contribution in [0.15, 0.2) is 36.4 Å². The van der Waals surface area contributed by atoms with Crippen LogP contribution < -0.4 is 10.6 Å². The van der Waals surface area contributed by atoms with Crippen molar-refractivity contribution in [1.82, 2.24) is 5.32 Å². The van der Waals surface area contributed by atoms with E-state index in [0.29, 0.717) is 11.8 Å². The van der Waals surface area contributed by atoms with Crippen molar-refractivity contribution in [3.63, 3.8) is 0 Å². The van der Waals surface area contributed by atoms with Gasteiger partial charge in [-0.25, -0.2) is 8.78 Å². The number of hydrogen-bond donors (Lipinski definition) is 2. The van der Waals surface area contributed by atoms with Crippen molar-refractivity contribution < 1.29 is 18.4 Å². The van der Waals surface area contributed by atoms with Gasteiger partial charge in [0.15, 0.2) is 0 Å². The van der Waals surface area contributed by atoms with Crippen LogP contribution in [0, 0.1) is 25.5 Å². The molecule has 2 aromatic carbocycles. The average molecular weight is 318 g/mol. The van der Waals surface area contributed by atoms with E-state index in [0.717, 1.165) is 23.3 Å². The van der Waals surface area contributed by atoms with Crippen LogP contribution >= 0.6 is 0 Å². The van der Waals surface area contributed by atoms with Crippen LogP contribution in [0.1, 0.15) is 21.5 Å². The van der Waals surface area contributed by atoms with E-state index in [-0.39, 0.29) is 12.1 Å². The van der Waals surface area contributed by atoms with Crippen molar-refractivity contribution in [2.75, 3.05) is 11.9 Å². The van der Waals surface area contributed by atoms with Gasteiger partial charge in [0.05, 0.1) is 6.54 Å². The van der Waals surface area contributed by atoms with Gasteiger partial charge in [0.2, 0.25) is 5.91 Å². The maximum atomic E-state index is 13.1. The number of rotatable bonds is 4. The lowest BCUT2D eigenvalue weighted by Gasteiger charge is -2.12.